The molecule has 0 amide bonds. The van der Waals surface area contributed by atoms with Crippen LogP contribution in [-0.4, -0.2) is 16.2 Å². The molecule has 1 N–H and O–H groups in total. The van der Waals surface area contributed by atoms with Crippen molar-refractivity contribution in [2.45, 2.75) is 25.1 Å². The summed E-state index contributed by atoms with van der Waals surface area (Å²) < 4.78 is 56.6. The van der Waals surface area contributed by atoms with Gasteiger partial charge in [-0.25, -0.2) is 4.39 Å². The number of aromatic nitrogens is 2. The summed E-state index contributed by atoms with van der Waals surface area (Å²) in [7, 11) is 0. The Morgan fingerprint density at radius 2 is 2.00 bits per heavy atom. The Balaban J connectivity index is 1.99. The van der Waals surface area contributed by atoms with Gasteiger partial charge in [0.1, 0.15) is 5.82 Å². The van der Waals surface area contributed by atoms with Crippen molar-refractivity contribution in [2.24, 2.45) is 0 Å². The molecular formula is C12H9F4N3O. The molecule has 0 aliphatic heterocycles. The summed E-state index contributed by atoms with van der Waals surface area (Å²) in [4.78, 5) is 3.82. The van der Waals surface area contributed by atoms with Crippen LogP contribution in [0.5, 0.6) is 0 Å². The first-order valence-corrected chi connectivity index (χ1v) is 5.91. The predicted molar refractivity (Wildman–Crippen MR) is 61.3 cm³/mol. The van der Waals surface area contributed by atoms with E-state index in [0.29, 0.717) is 6.07 Å². The monoisotopic (exact) mass is 287 g/mol. The summed E-state index contributed by atoms with van der Waals surface area (Å²) in [5, 5.41) is 6.33. The molecule has 1 saturated carbocycles. The maximum Gasteiger partial charge on any atom is 0.417 e. The van der Waals surface area contributed by atoms with Gasteiger partial charge >= 0.3 is 12.2 Å². The lowest BCUT2D eigenvalue weighted by atomic mass is 10.1. The third-order valence-corrected chi connectivity index (χ3v) is 2.86. The first-order chi connectivity index (χ1) is 9.43. The Hall–Kier alpha value is -2.12. The number of nitrogens with zero attached hydrogens (tertiary/aromatic N) is 2. The minimum atomic E-state index is -4.62. The largest absolute Gasteiger partial charge is 0.417 e. The van der Waals surface area contributed by atoms with E-state index in [0.717, 1.165) is 25.0 Å². The fourth-order valence-electron chi connectivity index (χ4n) is 1.74. The van der Waals surface area contributed by atoms with Crippen LogP contribution in [0.2, 0.25) is 0 Å². The zero-order chi connectivity index (χ0) is 14.3. The molecule has 2 aromatic rings. The number of halogens is 4. The lowest BCUT2D eigenvalue weighted by molar-refractivity contribution is -0.137. The zero-order valence-electron chi connectivity index (χ0n) is 10.0. The van der Waals surface area contributed by atoms with Gasteiger partial charge in [0.2, 0.25) is 5.82 Å². The van der Waals surface area contributed by atoms with Crippen molar-refractivity contribution < 1.29 is 22.1 Å². The summed E-state index contributed by atoms with van der Waals surface area (Å²) in [5.41, 5.74) is -1.44. The summed E-state index contributed by atoms with van der Waals surface area (Å²) in [6.07, 6.45) is -2.72. The molecule has 0 atom stereocenters. The molecule has 0 unspecified atom stereocenters. The molecule has 20 heavy (non-hydrogen) atoms. The number of anilines is 1. The van der Waals surface area contributed by atoms with Gasteiger partial charge in [-0.2, -0.15) is 18.2 Å². The number of benzene rings is 1. The third-order valence-electron chi connectivity index (χ3n) is 2.86. The molecule has 3 rings (SSSR count). The Kier molecular flexibility index (Phi) is 2.88. The van der Waals surface area contributed by atoms with E-state index in [-0.39, 0.29) is 17.9 Å². The van der Waals surface area contributed by atoms with E-state index in [1.807, 2.05) is 0 Å². The first-order valence-electron chi connectivity index (χ1n) is 5.91. The van der Waals surface area contributed by atoms with Gasteiger partial charge in [0, 0.05) is 11.6 Å². The maximum absolute atomic E-state index is 13.2. The van der Waals surface area contributed by atoms with Gasteiger partial charge in [0.05, 0.1) is 5.56 Å². The van der Waals surface area contributed by atoms with Crippen LogP contribution in [0.4, 0.5) is 23.6 Å². The third kappa shape index (κ3) is 2.59. The number of nitrogens with one attached hydrogen (secondary N) is 1. The molecule has 1 heterocycles. The van der Waals surface area contributed by atoms with E-state index in [9.17, 15) is 17.6 Å². The molecular weight excluding hydrogens is 278 g/mol. The van der Waals surface area contributed by atoms with Crippen LogP contribution in [0, 0.1) is 5.82 Å². The molecule has 1 aliphatic carbocycles. The molecule has 8 heteroatoms. The van der Waals surface area contributed by atoms with E-state index in [1.165, 1.54) is 0 Å². The Morgan fingerprint density at radius 1 is 1.25 bits per heavy atom. The SMILES string of the molecule is Fc1ccc(C(F)(F)F)c(-c2noc(NC3CC3)n2)c1. The van der Waals surface area contributed by atoms with E-state index in [2.05, 4.69) is 15.5 Å². The van der Waals surface area contributed by atoms with Crippen LogP contribution >= 0.6 is 0 Å². The highest BCUT2D eigenvalue weighted by Gasteiger charge is 2.35. The normalized spacial score (nSPS) is 15.4. The van der Waals surface area contributed by atoms with Crippen LogP contribution in [0.1, 0.15) is 18.4 Å². The van der Waals surface area contributed by atoms with Crippen molar-refractivity contribution in [3.05, 3.63) is 29.6 Å². The Bertz CT molecular complexity index is 634. The minimum absolute atomic E-state index is 0.0416. The summed E-state index contributed by atoms with van der Waals surface area (Å²) in [6, 6.07) is 2.41. The smallest absolute Gasteiger partial charge is 0.335 e. The van der Waals surface area contributed by atoms with Crippen LogP contribution in [-0.2, 0) is 6.18 Å². The van der Waals surface area contributed by atoms with E-state index >= 15 is 0 Å². The van der Waals surface area contributed by atoms with Crippen molar-refractivity contribution >= 4 is 6.01 Å². The molecule has 4 nitrogen and oxygen atoms in total. The standard InChI is InChI=1S/C12H9F4N3O/c13-6-1-4-9(12(14,15)16)8(5-6)10-18-11(20-19-10)17-7-2-3-7/h1,4-5,7H,2-3H2,(H,17,18,19). The molecule has 0 saturated heterocycles. The van der Waals surface area contributed by atoms with Crippen LogP contribution in [0.25, 0.3) is 11.4 Å². The number of alkyl halides is 3. The maximum atomic E-state index is 13.2. The second-order valence-electron chi connectivity index (χ2n) is 4.53. The highest BCUT2D eigenvalue weighted by atomic mass is 19.4. The van der Waals surface area contributed by atoms with Crippen molar-refractivity contribution in [3.63, 3.8) is 0 Å². The lowest BCUT2D eigenvalue weighted by Crippen LogP contribution is -2.08. The highest BCUT2D eigenvalue weighted by Crippen LogP contribution is 2.37. The van der Waals surface area contributed by atoms with Crippen LogP contribution in [0.15, 0.2) is 22.7 Å². The minimum Gasteiger partial charge on any atom is -0.335 e. The number of hydrogen-bond acceptors (Lipinski definition) is 4. The fourth-order valence-corrected chi connectivity index (χ4v) is 1.74. The van der Waals surface area contributed by atoms with Crippen molar-refractivity contribution in [3.8, 4) is 11.4 Å². The van der Waals surface area contributed by atoms with E-state index < -0.39 is 23.1 Å². The molecule has 1 aromatic carbocycles. The Morgan fingerprint density at radius 3 is 2.65 bits per heavy atom. The van der Waals surface area contributed by atoms with Crippen molar-refractivity contribution in [1.29, 1.82) is 0 Å². The van der Waals surface area contributed by atoms with Gasteiger partial charge in [-0.1, -0.05) is 5.16 Å². The van der Waals surface area contributed by atoms with Gasteiger partial charge in [0.25, 0.3) is 0 Å². The van der Waals surface area contributed by atoms with Gasteiger partial charge in [0.15, 0.2) is 0 Å². The molecule has 1 fully saturated rings. The average Bonchev–Trinajstić information content (AvgIpc) is 3.03. The Labute approximate surface area is 110 Å². The second kappa shape index (κ2) is 4.46. The lowest BCUT2D eigenvalue weighted by Gasteiger charge is -2.10. The van der Waals surface area contributed by atoms with Crippen molar-refractivity contribution in [1.82, 2.24) is 10.1 Å². The summed E-state index contributed by atoms with van der Waals surface area (Å²) in [5.74, 6) is -1.09. The van der Waals surface area contributed by atoms with Crippen molar-refractivity contribution in [2.75, 3.05) is 5.32 Å². The second-order valence-corrected chi connectivity index (χ2v) is 4.53. The summed E-state index contributed by atoms with van der Waals surface area (Å²) >= 11 is 0. The first kappa shape index (κ1) is 12.9. The van der Waals surface area contributed by atoms with Crippen LogP contribution in [0.3, 0.4) is 0 Å². The number of hydrogen-bond donors (Lipinski definition) is 1. The predicted octanol–water partition coefficient (Wildman–Crippen LogP) is 3.47. The van der Waals surface area contributed by atoms with E-state index in [1.54, 1.807) is 0 Å². The quantitative estimate of drug-likeness (QED) is 0.878. The molecule has 106 valence electrons. The topological polar surface area (TPSA) is 51.0 Å². The molecule has 1 aromatic heterocycles. The molecule has 0 bridgehead atoms. The molecule has 0 radical (unpaired) electrons. The van der Waals surface area contributed by atoms with E-state index in [4.69, 9.17) is 4.52 Å². The molecule has 0 spiro atoms. The van der Waals surface area contributed by atoms with Gasteiger partial charge < -0.3 is 9.84 Å². The number of rotatable bonds is 3. The van der Waals surface area contributed by atoms with Crippen LogP contribution < -0.4 is 5.32 Å². The average molecular weight is 287 g/mol. The van der Waals surface area contributed by atoms with Gasteiger partial charge in [-0.15, -0.1) is 0 Å². The van der Waals surface area contributed by atoms with Gasteiger partial charge in [-0.05, 0) is 31.0 Å². The highest BCUT2D eigenvalue weighted by molar-refractivity contribution is 5.61. The zero-order valence-corrected chi connectivity index (χ0v) is 10.0. The summed E-state index contributed by atoms with van der Waals surface area (Å²) in [6.45, 7) is 0. The fraction of sp³-hybridized carbons (Fsp3) is 0.333. The van der Waals surface area contributed by atoms with Gasteiger partial charge in [-0.3, -0.25) is 0 Å². The molecule has 1 aliphatic rings.